The molecule has 1 heterocycles. The van der Waals surface area contributed by atoms with Crippen LogP contribution in [0.15, 0.2) is 58.8 Å². The zero-order valence-electron chi connectivity index (χ0n) is 15.0. The third-order valence-electron chi connectivity index (χ3n) is 3.68. The third kappa shape index (κ3) is 5.86. The first-order valence-corrected chi connectivity index (χ1v) is 10.2. The van der Waals surface area contributed by atoms with Gasteiger partial charge in [-0.15, -0.1) is 10.2 Å². The Morgan fingerprint density at radius 1 is 1.17 bits per heavy atom. The van der Waals surface area contributed by atoms with Crippen molar-refractivity contribution in [1.29, 1.82) is 0 Å². The van der Waals surface area contributed by atoms with Crippen molar-refractivity contribution in [3.05, 3.63) is 69.7 Å². The van der Waals surface area contributed by atoms with E-state index in [2.05, 4.69) is 26.0 Å². The first kappa shape index (κ1) is 21.0. The van der Waals surface area contributed by atoms with E-state index in [-0.39, 0.29) is 17.6 Å². The van der Waals surface area contributed by atoms with Crippen LogP contribution in [-0.4, -0.2) is 32.7 Å². The summed E-state index contributed by atoms with van der Waals surface area (Å²) in [6, 6.07) is 14.9. The molecular formula is C18H17Cl2N7OS. The Balaban J connectivity index is 1.50. The number of hydrogen-bond donors (Lipinski definition) is 3. The molecule has 0 saturated heterocycles. The van der Waals surface area contributed by atoms with Crippen LogP contribution in [0.2, 0.25) is 10.0 Å². The molecule has 0 fully saturated rings. The minimum absolute atomic E-state index is 0.134. The van der Waals surface area contributed by atoms with Gasteiger partial charge in [0.1, 0.15) is 0 Å². The Labute approximate surface area is 181 Å². The van der Waals surface area contributed by atoms with Crippen molar-refractivity contribution in [2.45, 2.75) is 11.7 Å². The van der Waals surface area contributed by atoms with Crippen LogP contribution < -0.4 is 16.6 Å². The fourth-order valence-electron chi connectivity index (χ4n) is 2.21. The summed E-state index contributed by atoms with van der Waals surface area (Å²) in [5.41, 5.74) is 4.34. The Hall–Kier alpha value is -2.75. The van der Waals surface area contributed by atoms with E-state index in [1.165, 1.54) is 22.7 Å². The number of hydrazone groups is 1. The molecular weight excluding hydrogens is 433 g/mol. The van der Waals surface area contributed by atoms with E-state index in [1.807, 2.05) is 30.3 Å². The Morgan fingerprint density at radius 2 is 1.97 bits per heavy atom. The Bertz CT molecular complexity index is 1010. The van der Waals surface area contributed by atoms with Gasteiger partial charge in [-0.2, -0.15) is 5.10 Å². The number of thioether (sulfide) groups is 1. The van der Waals surface area contributed by atoms with Crippen LogP contribution in [0.25, 0.3) is 0 Å². The molecule has 8 nitrogen and oxygen atoms in total. The summed E-state index contributed by atoms with van der Waals surface area (Å²) in [6.07, 6.45) is 1.49. The highest BCUT2D eigenvalue weighted by atomic mass is 35.5. The second-order valence-electron chi connectivity index (χ2n) is 5.74. The molecule has 0 unspecified atom stereocenters. The lowest BCUT2D eigenvalue weighted by atomic mass is 10.2. The summed E-state index contributed by atoms with van der Waals surface area (Å²) >= 11 is 13.2. The number of nitrogens with two attached hydrogens (primary N) is 1. The average Bonchev–Trinajstić information content (AvgIpc) is 3.08. The quantitative estimate of drug-likeness (QED) is 0.211. The lowest BCUT2D eigenvalue weighted by Crippen LogP contribution is -2.25. The number of amides is 1. The van der Waals surface area contributed by atoms with Crippen molar-refractivity contribution in [3.8, 4) is 0 Å². The molecule has 0 aliphatic rings. The van der Waals surface area contributed by atoms with Gasteiger partial charge in [-0.3, -0.25) is 4.79 Å². The number of anilines is 1. The minimum Gasteiger partial charge on any atom is -0.351 e. The maximum atomic E-state index is 12.0. The van der Waals surface area contributed by atoms with E-state index in [0.717, 1.165) is 5.56 Å². The summed E-state index contributed by atoms with van der Waals surface area (Å²) < 4.78 is 1.21. The second kappa shape index (κ2) is 10.1. The van der Waals surface area contributed by atoms with Gasteiger partial charge in [-0.1, -0.05) is 77.4 Å². The summed E-state index contributed by atoms with van der Waals surface area (Å²) in [6.45, 7) is 0.461. The topological polar surface area (TPSA) is 110 Å². The van der Waals surface area contributed by atoms with E-state index in [0.29, 0.717) is 27.3 Å². The Morgan fingerprint density at radius 3 is 2.76 bits per heavy atom. The predicted octanol–water partition coefficient (Wildman–Crippen LogP) is 3.15. The van der Waals surface area contributed by atoms with Gasteiger partial charge in [0.2, 0.25) is 11.1 Å². The van der Waals surface area contributed by atoms with Crippen molar-refractivity contribution in [1.82, 2.24) is 20.2 Å². The van der Waals surface area contributed by atoms with Crippen LogP contribution >= 0.6 is 35.0 Å². The number of nitrogens with one attached hydrogen (secondary N) is 2. The fourth-order valence-corrected chi connectivity index (χ4v) is 3.25. The van der Waals surface area contributed by atoms with Gasteiger partial charge < -0.3 is 11.2 Å². The van der Waals surface area contributed by atoms with Gasteiger partial charge in [0.05, 0.1) is 22.0 Å². The number of hydrogen-bond acceptors (Lipinski definition) is 7. The van der Waals surface area contributed by atoms with Crippen LogP contribution in [0.3, 0.4) is 0 Å². The molecule has 0 radical (unpaired) electrons. The summed E-state index contributed by atoms with van der Waals surface area (Å²) in [5, 5.41) is 15.9. The molecule has 2 aromatic carbocycles. The molecule has 0 atom stereocenters. The van der Waals surface area contributed by atoms with E-state index in [1.54, 1.807) is 18.2 Å². The van der Waals surface area contributed by atoms with Crippen molar-refractivity contribution < 1.29 is 4.79 Å². The van der Waals surface area contributed by atoms with E-state index in [9.17, 15) is 4.79 Å². The molecule has 1 aromatic heterocycles. The van der Waals surface area contributed by atoms with E-state index < -0.39 is 0 Å². The number of benzene rings is 2. The molecule has 0 saturated carbocycles. The number of carbonyl (C=O) groups is 1. The van der Waals surface area contributed by atoms with Crippen LogP contribution in [0, 0.1) is 0 Å². The Kier molecular flexibility index (Phi) is 7.34. The highest BCUT2D eigenvalue weighted by molar-refractivity contribution is 7.99. The van der Waals surface area contributed by atoms with Crippen LogP contribution in [0.1, 0.15) is 11.1 Å². The molecule has 3 aromatic rings. The van der Waals surface area contributed by atoms with E-state index in [4.69, 9.17) is 29.0 Å². The standard InChI is InChI=1S/C18H17Cl2N7OS/c19-14-8-4-7-13(16(14)20)10-23-24-17-25-26-18(27(17)21)29-11-15(28)22-9-12-5-2-1-3-6-12/h1-8,10H,9,11,21H2,(H,22,28)(H,24,25)/b23-10+. The lowest BCUT2D eigenvalue weighted by Gasteiger charge is -2.05. The molecule has 150 valence electrons. The van der Waals surface area contributed by atoms with Gasteiger partial charge in [-0.25, -0.2) is 10.1 Å². The van der Waals surface area contributed by atoms with Crippen molar-refractivity contribution in [3.63, 3.8) is 0 Å². The smallest absolute Gasteiger partial charge is 0.264 e. The molecule has 0 aliphatic carbocycles. The zero-order chi connectivity index (χ0) is 20.6. The molecule has 29 heavy (non-hydrogen) atoms. The SMILES string of the molecule is Nn1c(N/N=C/c2cccc(Cl)c2Cl)nnc1SCC(=O)NCc1ccccc1. The first-order valence-electron chi connectivity index (χ1n) is 8.41. The minimum atomic E-state index is -0.134. The summed E-state index contributed by atoms with van der Waals surface area (Å²) in [5.74, 6) is 6.18. The average molecular weight is 450 g/mol. The normalized spacial score (nSPS) is 11.0. The zero-order valence-corrected chi connectivity index (χ0v) is 17.4. The largest absolute Gasteiger partial charge is 0.351 e. The molecule has 3 rings (SSSR count). The monoisotopic (exact) mass is 449 g/mol. The van der Waals surface area contributed by atoms with Crippen molar-refractivity contribution in [2.24, 2.45) is 5.10 Å². The highest BCUT2D eigenvalue weighted by Crippen LogP contribution is 2.24. The lowest BCUT2D eigenvalue weighted by molar-refractivity contribution is -0.118. The third-order valence-corrected chi connectivity index (χ3v) is 5.46. The van der Waals surface area contributed by atoms with Crippen LogP contribution in [0.5, 0.6) is 0 Å². The number of aromatic nitrogens is 3. The number of nitrogen functional groups attached to an aromatic ring is 1. The highest BCUT2D eigenvalue weighted by Gasteiger charge is 2.12. The molecule has 0 aliphatic heterocycles. The van der Waals surface area contributed by atoms with Crippen LogP contribution in [-0.2, 0) is 11.3 Å². The first-order chi connectivity index (χ1) is 14.0. The molecule has 1 amide bonds. The number of nitrogens with zero attached hydrogens (tertiary/aromatic N) is 4. The fraction of sp³-hybridized carbons (Fsp3) is 0.111. The molecule has 4 N–H and O–H groups in total. The number of carbonyl (C=O) groups excluding carboxylic acids is 1. The van der Waals surface area contributed by atoms with Crippen LogP contribution in [0.4, 0.5) is 5.95 Å². The van der Waals surface area contributed by atoms with Crippen molar-refractivity contribution in [2.75, 3.05) is 17.0 Å². The molecule has 11 heteroatoms. The van der Waals surface area contributed by atoms with Gasteiger partial charge >= 0.3 is 0 Å². The molecule has 0 spiro atoms. The number of halogens is 2. The van der Waals surface area contributed by atoms with Crippen molar-refractivity contribution >= 4 is 53.0 Å². The van der Waals surface area contributed by atoms with Gasteiger partial charge in [0, 0.05) is 12.1 Å². The predicted molar refractivity (Wildman–Crippen MR) is 117 cm³/mol. The van der Waals surface area contributed by atoms with E-state index >= 15 is 0 Å². The summed E-state index contributed by atoms with van der Waals surface area (Å²) in [4.78, 5) is 12.0. The second-order valence-corrected chi connectivity index (χ2v) is 7.47. The van der Waals surface area contributed by atoms with Gasteiger partial charge in [0.15, 0.2) is 0 Å². The maximum absolute atomic E-state index is 12.0. The van der Waals surface area contributed by atoms with Gasteiger partial charge in [0.25, 0.3) is 5.95 Å². The number of rotatable bonds is 8. The summed E-state index contributed by atoms with van der Waals surface area (Å²) in [7, 11) is 0. The molecule has 0 bridgehead atoms. The van der Waals surface area contributed by atoms with Gasteiger partial charge in [-0.05, 0) is 11.6 Å². The maximum Gasteiger partial charge on any atom is 0.264 e.